The van der Waals surface area contributed by atoms with Crippen molar-refractivity contribution in [2.24, 2.45) is 0 Å². The largest absolute Gasteiger partial charge is 0.382 e. The zero-order chi connectivity index (χ0) is 12.5. The van der Waals surface area contributed by atoms with Crippen LogP contribution in [0.2, 0.25) is 0 Å². The normalized spacial score (nSPS) is 16.1. The van der Waals surface area contributed by atoms with Crippen molar-refractivity contribution < 1.29 is 14.3 Å². The summed E-state index contributed by atoms with van der Waals surface area (Å²) in [5.41, 5.74) is 0. The zero-order valence-electron chi connectivity index (χ0n) is 10.7. The molecule has 0 bridgehead atoms. The highest BCUT2D eigenvalue weighted by Crippen LogP contribution is 2.23. The second-order valence-electron chi connectivity index (χ2n) is 4.32. The molecule has 1 rings (SSSR count). The lowest BCUT2D eigenvalue weighted by molar-refractivity contribution is -0.138. The third-order valence-electron chi connectivity index (χ3n) is 3.07. The molecule has 1 saturated carbocycles. The number of nitrogens with zero attached hydrogens (tertiary/aromatic N) is 1. The Kier molecular flexibility index (Phi) is 6.89. The molecule has 4 heteroatoms. The van der Waals surface area contributed by atoms with Crippen molar-refractivity contribution in [1.29, 1.82) is 0 Å². The quantitative estimate of drug-likeness (QED) is 0.478. The number of rotatable bonds is 8. The maximum absolute atomic E-state index is 12.0. The summed E-state index contributed by atoms with van der Waals surface area (Å²) in [4.78, 5) is 13.9. The highest BCUT2D eigenvalue weighted by atomic mass is 16.5. The van der Waals surface area contributed by atoms with Gasteiger partial charge in [-0.1, -0.05) is 18.9 Å². The van der Waals surface area contributed by atoms with Gasteiger partial charge in [-0.3, -0.25) is 4.79 Å². The van der Waals surface area contributed by atoms with Gasteiger partial charge in [0.2, 0.25) is 5.91 Å². The minimum atomic E-state index is 0.0629. The van der Waals surface area contributed by atoms with Crippen LogP contribution in [-0.4, -0.2) is 50.3 Å². The van der Waals surface area contributed by atoms with Crippen LogP contribution in [0.3, 0.4) is 0 Å². The Morgan fingerprint density at radius 3 is 2.71 bits per heavy atom. The van der Waals surface area contributed by atoms with Gasteiger partial charge in [-0.05, 0) is 12.8 Å². The van der Waals surface area contributed by atoms with Crippen LogP contribution in [0.25, 0.3) is 0 Å². The summed E-state index contributed by atoms with van der Waals surface area (Å²) in [7, 11) is 1.62. The van der Waals surface area contributed by atoms with E-state index in [0.717, 1.165) is 12.8 Å². The summed E-state index contributed by atoms with van der Waals surface area (Å²) in [5.74, 6) is 0.0629. The van der Waals surface area contributed by atoms with E-state index in [1.807, 2.05) is 4.90 Å². The van der Waals surface area contributed by atoms with E-state index in [9.17, 15) is 4.79 Å². The lowest BCUT2D eigenvalue weighted by Gasteiger charge is -2.27. The molecule has 17 heavy (non-hydrogen) atoms. The first kappa shape index (κ1) is 14.2. The zero-order valence-corrected chi connectivity index (χ0v) is 10.7. The second kappa shape index (κ2) is 8.25. The molecule has 0 aromatic carbocycles. The van der Waals surface area contributed by atoms with E-state index < -0.39 is 0 Å². The molecule has 0 N–H and O–H groups in total. The minimum absolute atomic E-state index is 0.0629. The van der Waals surface area contributed by atoms with Gasteiger partial charge in [-0.2, -0.15) is 0 Å². The number of methoxy groups -OCH3 is 1. The van der Waals surface area contributed by atoms with Crippen LogP contribution in [0, 0.1) is 0 Å². The van der Waals surface area contributed by atoms with Crippen LogP contribution in [0.1, 0.15) is 25.7 Å². The summed E-state index contributed by atoms with van der Waals surface area (Å²) in [6, 6.07) is 0.381. The summed E-state index contributed by atoms with van der Waals surface area (Å²) in [6.45, 7) is 5.47. The fraction of sp³-hybridized carbons (Fsp3) is 0.769. The van der Waals surface area contributed by atoms with Crippen molar-refractivity contribution in [3.63, 3.8) is 0 Å². The number of amides is 1. The highest BCUT2D eigenvalue weighted by Gasteiger charge is 2.25. The van der Waals surface area contributed by atoms with Gasteiger partial charge in [-0.25, -0.2) is 0 Å². The summed E-state index contributed by atoms with van der Waals surface area (Å²) < 4.78 is 10.1. The van der Waals surface area contributed by atoms with Crippen LogP contribution in [0.5, 0.6) is 0 Å². The molecule has 0 saturated heterocycles. The van der Waals surface area contributed by atoms with Crippen LogP contribution in [0.15, 0.2) is 12.7 Å². The first-order chi connectivity index (χ1) is 8.29. The molecule has 4 nitrogen and oxygen atoms in total. The number of hydrogen-bond acceptors (Lipinski definition) is 3. The Morgan fingerprint density at radius 1 is 1.41 bits per heavy atom. The van der Waals surface area contributed by atoms with Gasteiger partial charge in [0.15, 0.2) is 0 Å². The average Bonchev–Trinajstić information content (AvgIpc) is 2.85. The molecule has 0 heterocycles. The predicted octanol–water partition coefficient (Wildman–Crippen LogP) is 1.61. The van der Waals surface area contributed by atoms with Gasteiger partial charge < -0.3 is 14.4 Å². The molecule has 0 unspecified atom stereocenters. The van der Waals surface area contributed by atoms with Gasteiger partial charge >= 0.3 is 0 Å². The summed E-state index contributed by atoms with van der Waals surface area (Å²) in [6.07, 6.45) is 6.44. The van der Waals surface area contributed by atoms with Crippen LogP contribution >= 0.6 is 0 Å². The van der Waals surface area contributed by atoms with E-state index in [1.54, 1.807) is 13.2 Å². The Hall–Kier alpha value is -0.870. The molecular formula is C13H23NO3. The van der Waals surface area contributed by atoms with Gasteiger partial charge in [0.05, 0.1) is 13.2 Å². The van der Waals surface area contributed by atoms with E-state index in [2.05, 4.69) is 6.58 Å². The molecule has 0 atom stereocenters. The fourth-order valence-electron chi connectivity index (χ4n) is 2.19. The molecule has 1 fully saturated rings. The molecule has 0 aromatic rings. The van der Waals surface area contributed by atoms with E-state index in [4.69, 9.17) is 9.47 Å². The Balaban J connectivity index is 2.34. The first-order valence-electron chi connectivity index (χ1n) is 6.26. The van der Waals surface area contributed by atoms with E-state index in [0.29, 0.717) is 25.8 Å². The van der Waals surface area contributed by atoms with Crippen molar-refractivity contribution in [1.82, 2.24) is 4.90 Å². The molecule has 0 aromatic heterocycles. The standard InChI is InChI=1S/C13H23NO3/c1-3-8-14(12-6-4-5-7-12)13(15)11-17-10-9-16-2/h3,12H,1,4-11H2,2H3. The van der Waals surface area contributed by atoms with Gasteiger partial charge in [-0.15, -0.1) is 6.58 Å². The molecule has 0 radical (unpaired) electrons. The Labute approximate surface area is 104 Å². The second-order valence-corrected chi connectivity index (χ2v) is 4.32. The van der Waals surface area contributed by atoms with Gasteiger partial charge in [0, 0.05) is 19.7 Å². The van der Waals surface area contributed by atoms with Crippen molar-refractivity contribution in [3.8, 4) is 0 Å². The van der Waals surface area contributed by atoms with Crippen molar-refractivity contribution >= 4 is 5.91 Å². The lowest BCUT2D eigenvalue weighted by Crippen LogP contribution is -2.41. The third kappa shape index (κ3) is 4.88. The maximum Gasteiger partial charge on any atom is 0.249 e. The monoisotopic (exact) mass is 241 g/mol. The maximum atomic E-state index is 12.0. The van der Waals surface area contributed by atoms with Gasteiger partial charge in [0.25, 0.3) is 0 Å². The fourth-order valence-corrected chi connectivity index (χ4v) is 2.19. The Morgan fingerprint density at radius 2 is 2.12 bits per heavy atom. The SMILES string of the molecule is C=CCN(C(=O)COCCOC)C1CCCC1. The number of carbonyl (C=O) groups is 1. The van der Waals surface area contributed by atoms with Crippen molar-refractivity contribution in [2.75, 3.05) is 33.5 Å². The van der Waals surface area contributed by atoms with E-state index >= 15 is 0 Å². The minimum Gasteiger partial charge on any atom is -0.382 e. The average molecular weight is 241 g/mol. The molecule has 1 aliphatic rings. The smallest absolute Gasteiger partial charge is 0.249 e. The Bertz CT molecular complexity index is 237. The molecule has 1 aliphatic carbocycles. The highest BCUT2D eigenvalue weighted by molar-refractivity contribution is 5.78. The number of carbonyl (C=O) groups excluding carboxylic acids is 1. The molecular weight excluding hydrogens is 218 g/mol. The van der Waals surface area contributed by atoms with E-state index in [1.165, 1.54) is 12.8 Å². The van der Waals surface area contributed by atoms with E-state index in [-0.39, 0.29) is 12.5 Å². The van der Waals surface area contributed by atoms with Crippen LogP contribution in [-0.2, 0) is 14.3 Å². The van der Waals surface area contributed by atoms with Crippen LogP contribution in [0.4, 0.5) is 0 Å². The molecule has 0 spiro atoms. The van der Waals surface area contributed by atoms with Crippen LogP contribution < -0.4 is 0 Å². The van der Waals surface area contributed by atoms with Crippen molar-refractivity contribution in [3.05, 3.63) is 12.7 Å². The number of ether oxygens (including phenoxy) is 2. The lowest BCUT2D eigenvalue weighted by atomic mass is 10.2. The topological polar surface area (TPSA) is 38.8 Å². The molecule has 98 valence electrons. The molecule has 0 aliphatic heterocycles. The van der Waals surface area contributed by atoms with Gasteiger partial charge in [0.1, 0.15) is 6.61 Å². The molecule has 1 amide bonds. The number of hydrogen-bond donors (Lipinski definition) is 0. The summed E-state index contributed by atoms with van der Waals surface area (Å²) in [5, 5.41) is 0. The van der Waals surface area contributed by atoms with Crippen molar-refractivity contribution in [2.45, 2.75) is 31.7 Å². The first-order valence-corrected chi connectivity index (χ1v) is 6.26. The predicted molar refractivity (Wildman–Crippen MR) is 66.9 cm³/mol. The summed E-state index contributed by atoms with van der Waals surface area (Å²) >= 11 is 0. The third-order valence-corrected chi connectivity index (χ3v) is 3.07.